The summed E-state index contributed by atoms with van der Waals surface area (Å²) in [5.74, 6) is 0. The highest BCUT2D eigenvalue weighted by atomic mass is 79.9. The first-order valence-corrected chi connectivity index (χ1v) is 8.08. The van der Waals surface area contributed by atoms with Crippen molar-refractivity contribution in [1.82, 2.24) is 9.97 Å². The molecule has 0 saturated carbocycles. The summed E-state index contributed by atoms with van der Waals surface area (Å²) in [4.78, 5) is 7.28. The van der Waals surface area contributed by atoms with Gasteiger partial charge in [-0.2, -0.15) is 0 Å². The second-order valence-corrected chi connectivity index (χ2v) is 6.85. The van der Waals surface area contributed by atoms with Crippen LogP contribution < -0.4 is 10.5 Å². The van der Waals surface area contributed by atoms with Crippen LogP contribution in [-0.2, 0) is 10.0 Å². The topological polar surface area (TPSA) is 98.0 Å². The van der Waals surface area contributed by atoms with Crippen LogP contribution >= 0.6 is 39.1 Å². The number of hydrogen-bond donors (Lipinski definition) is 2. The predicted molar refractivity (Wildman–Crippen MR) is 81.4 cm³/mol. The molecule has 2 rings (SSSR count). The van der Waals surface area contributed by atoms with Crippen molar-refractivity contribution in [2.45, 2.75) is 4.90 Å². The Morgan fingerprint density at radius 3 is 2.40 bits per heavy atom. The van der Waals surface area contributed by atoms with Crippen LogP contribution in [0.1, 0.15) is 0 Å². The first-order valence-electron chi connectivity index (χ1n) is 5.05. The van der Waals surface area contributed by atoms with Gasteiger partial charge in [0.1, 0.15) is 16.9 Å². The molecule has 1 aromatic carbocycles. The molecule has 6 nitrogen and oxygen atoms in total. The average molecular weight is 398 g/mol. The van der Waals surface area contributed by atoms with E-state index >= 15 is 0 Å². The first kappa shape index (κ1) is 15.3. The summed E-state index contributed by atoms with van der Waals surface area (Å²) in [5.41, 5.74) is 5.80. The van der Waals surface area contributed by atoms with E-state index in [4.69, 9.17) is 28.9 Å². The van der Waals surface area contributed by atoms with Gasteiger partial charge >= 0.3 is 0 Å². The largest absolute Gasteiger partial charge is 0.399 e. The number of aromatic nitrogens is 2. The highest BCUT2D eigenvalue weighted by molar-refractivity contribution is 9.10. The Labute approximate surface area is 133 Å². The number of sulfonamides is 1. The van der Waals surface area contributed by atoms with Gasteiger partial charge in [-0.15, -0.1) is 0 Å². The Morgan fingerprint density at radius 1 is 1.20 bits per heavy atom. The smallest absolute Gasteiger partial charge is 0.263 e. The van der Waals surface area contributed by atoms with Gasteiger partial charge in [0.2, 0.25) is 0 Å². The Morgan fingerprint density at radius 2 is 1.80 bits per heavy atom. The van der Waals surface area contributed by atoms with Gasteiger partial charge in [0.15, 0.2) is 10.3 Å². The molecule has 3 N–H and O–H groups in total. The van der Waals surface area contributed by atoms with E-state index in [1.165, 1.54) is 12.1 Å². The van der Waals surface area contributed by atoms with Crippen LogP contribution in [0.5, 0.6) is 0 Å². The second kappa shape index (κ2) is 5.72. The fourth-order valence-corrected chi connectivity index (χ4v) is 3.94. The van der Waals surface area contributed by atoms with Crippen LogP contribution in [0, 0.1) is 0 Å². The van der Waals surface area contributed by atoms with Crippen LogP contribution in [-0.4, -0.2) is 18.4 Å². The molecule has 2 aromatic rings. The highest BCUT2D eigenvalue weighted by Gasteiger charge is 2.21. The zero-order chi connectivity index (χ0) is 14.9. The maximum absolute atomic E-state index is 12.3. The fraction of sp³-hybridized carbons (Fsp3) is 0. The third kappa shape index (κ3) is 3.14. The van der Waals surface area contributed by atoms with Crippen molar-refractivity contribution in [2.24, 2.45) is 0 Å². The summed E-state index contributed by atoms with van der Waals surface area (Å²) in [5, 5.41) is -0.206. The van der Waals surface area contributed by atoms with Gasteiger partial charge in [-0.05, 0) is 34.1 Å². The van der Waals surface area contributed by atoms with Crippen LogP contribution in [0.4, 0.5) is 11.4 Å². The molecule has 1 heterocycles. The third-order valence-corrected chi connectivity index (χ3v) is 5.15. The zero-order valence-electron chi connectivity index (χ0n) is 9.64. The minimum absolute atomic E-state index is 0.0477. The summed E-state index contributed by atoms with van der Waals surface area (Å²) in [6.45, 7) is 0. The minimum atomic E-state index is -3.94. The van der Waals surface area contributed by atoms with Gasteiger partial charge in [-0.1, -0.05) is 23.2 Å². The lowest BCUT2D eigenvalue weighted by atomic mass is 10.3. The van der Waals surface area contributed by atoms with Gasteiger partial charge in [0.05, 0.1) is 0 Å². The van der Waals surface area contributed by atoms with Crippen molar-refractivity contribution in [3.8, 4) is 0 Å². The summed E-state index contributed by atoms with van der Waals surface area (Å²) in [7, 11) is -3.94. The normalized spacial score (nSPS) is 11.3. The molecule has 0 aliphatic rings. The van der Waals surface area contributed by atoms with E-state index in [1.54, 1.807) is 6.07 Å². The quantitative estimate of drug-likeness (QED) is 0.612. The van der Waals surface area contributed by atoms with Crippen molar-refractivity contribution < 1.29 is 8.42 Å². The standard InChI is InChI=1S/C10H7BrCl2N4O2S/c11-6-2-1-5(14)3-7(6)20(18,19)17-8-9(12)15-4-16-10(8)13/h1-4,17H,14H2. The van der Waals surface area contributed by atoms with Crippen LogP contribution in [0.25, 0.3) is 0 Å². The first-order chi connectivity index (χ1) is 9.31. The molecule has 1 aromatic heterocycles. The summed E-state index contributed by atoms with van der Waals surface area (Å²) in [6, 6.07) is 4.39. The van der Waals surface area contributed by atoms with Gasteiger partial charge < -0.3 is 5.73 Å². The molecular weight excluding hydrogens is 391 g/mol. The maximum Gasteiger partial charge on any atom is 0.263 e. The summed E-state index contributed by atoms with van der Waals surface area (Å²) < 4.78 is 27.2. The van der Waals surface area contributed by atoms with Gasteiger partial charge in [-0.3, -0.25) is 4.72 Å². The van der Waals surface area contributed by atoms with Crippen molar-refractivity contribution in [2.75, 3.05) is 10.5 Å². The Bertz CT molecular complexity index is 750. The van der Waals surface area contributed by atoms with Gasteiger partial charge in [-0.25, -0.2) is 18.4 Å². The van der Waals surface area contributed by atoms with Gasteiger partial charge in [0, 0.05) is 10.2 Å². The number of nitrogens with two attached hydrogens (primary N) is 1. The number of nitrogens with zero attached hydrogens (tertiary/aromatic N) is 2. The lowest BCUT2D eigenvalue weighted by Crippen LogP contribution is -2.15. The zero-order valence-corrected chi connectivity index (χ0v) is 13.6. The van der Waals surface area contributed by atoms with E-state index in [0.29, 0.717) is 10.2 Å². The minimum Gasteiger partial charge on any atom is -0.399 e. The van der Waals surface area contributed by atoms with E-state index in [0.717, 1.165) is 6.33 Å². The number of nitrogens with one attached hydrogen (secondary N) is 1. The molecule has 0 radical (unpaired) electrons. The van der Waals surface area contributed by atoms with E-state index in [2.05, 4.69) is 30.6 Å². The Balaban J connectivity index is 2.49. The van der Waals surface area contributed by atoms with E-state index in [9.17, 15) is 8.42 Å². The summed E-state index contributed by atoms with van der Waals surface area (Å²) >= 11 is 14.7. The number of hydrogen-bond acceptors (Lipinski definition) is 5. The van der Waals surface area contributed by atoms with E-state index in [-0.39, 0.29) is 20.9 Å². The van der Waals surface area contributed by atoms with Crippen molar-refractivity contribution in [1.29, 1.82) is 0 Å². The van der Waals surface area contributed by atoms with Crippen LogP contribution in [0.3, 0.4) is 0 Å². The molecule has 0 bridgehead atoms. The van der Waals surface area contributed by atoms with Crippen molar-refractivity contribution in [3.63, 3.8) is 0 Å². The number of halogens is 3. The molecule has 0 spiro atoms. The molecule has 0 aliphatic carbocycles. The second-order valence-electron chi connectivity index (χ2n) is 3.63. The highest BCUT2D eigenvalue weighted by Crippen LogP contribution is 2.31. The van der Waals surface area contributed by atoms with Crippen LogP contribution in [0.15, 0.2) is 33.9 Å². The fourth-order valence-electron chi connectivity index (χ4n) is 1.34. The lowest BCUT2D eigenvalue weighted by molar-refractivity contribution is 0.600. The van der Waals surface area contributed by atoms with E-state index < -0.39 is 10.0 Å². The Kier molecular flexibility index (Phi) is 4.38. The molecule has 20 heavy (non-hydrogen) atoms. The molecule has 0 amide bonds. The number of anilines is 2. The SMILES string of the molecule is Nc1ccc(Br)c(S(=O)(=O)Nc2c(Cl)ncnc2Cl)c1. The number of nitrogen functional groups attached to an aromatic ring is 1. The molecule has 106 valence electrons. The molecular formula is C10H7BrCl2N4O2S. The molecule has 0 saturated heterocycles. The lowest BCUT2D eigenvalue weighted by Gasteiger charge is -2.11. The van der Waals surface area contributed by atoms with Gasteiger partial charge in [0.25, 0.3) is 10.0 Å². The van der Waals surface area contributed by atoms with E-state index in [1.807, 2.05) is 0 Å². The predicted octanol–water partition coefficient (Wildman–Crippen LogP) is 2.93. The monoisotopic (exact) mass is 396 g/mol. The van der Waals surface area contributed by atoms with Crippen molar-refractivity contribution in [3.05, 3.63) is 39.3 Å². The maximum atomic E-state index is 12.3. The summed E-state index contributed by atoms with van der Waals surface area (Å²) in [6.07, 6.45) is 1.12. The van der Waals surface area contributed by atoms with Crippen molar-refractivity contribution >= 4 is 60.5 Å². The number of rotatable bonds is 3. The molecule has 0 fully saturated rings. The molecule has 0 atom stereocenters. The van der Waals surface area contributed by atoms with Crippen LogP contribution in [0.2, 0.25) is 10.3 Å². The number of benzene rings is 1. The molecule has 0 unspecified atom stereocenters. The third-order valence-electron chi connectivity index (χ3n) is 2.24. The average Bonchev–Trinajstić information content (AvgIpc) is 2.37. The molecule has 10 heteroatoms. The molecule has 0 aliphatic heterocycles. The Hall–Kier alpha value is -1.09.